The third kappa shape index (κ3) is 10.5. The molecule has 1 fully saturated rings. The molecule has 0 unspecified atom stereocenters. The minimum Gasteiger partial charge on any atom is -0.379 e. The maximum Gasteiger partial charge on any atom is 0.219 e. The molecule has 1 rings (SSSR count). The van der Waals surface area contributed by atoms with Crippen LogP contribution >= 0.6 is 0 Å². The summed E-state index contributed by atoms with van der Waals surface area (Å²) >= 11 is 0. The van der Waals surface area contributed by atoms with E-state index in [1.165, 1.54) is 19.4 Å². The van der Waals surface area contributed by atoms with Crippen molar-refractivity contribution in [1.82, 2.24) is 10.2 Å². The molecule has 0 aromatic carbocycles. The average Bonchev–Trinajstić information content (AvgIpc) is 2.39. The topological polar surface area (TPSA) is 41.6 Å². The smallest absolute Gasteiger partial charge is 0.219 e. The second-order valence-corrected chi connectivity index (χ2v) is 5.02. The van der Waals surface area contributed by atoms with E-state index in [1.54, 1.807) is 7.05 Å². The van der Waals surface area contributed by atoms with Crippen LogP contribution in [0.15, 0.2) is 0 Å². The Morgan fingerprint density at radius 1 is 1.33 bits per heavy atom. The molecule has 1 aliphatic heterocycles. The molecule has 0 radical (unpaired) electrons. The maximum atomic E-state index is 10.1. The van der Waals surface area contributed by atoms with E-state index in [0.29, 0.717) is 6.42 Å². The molecule has 0 saturated carbocycles. The number of nitrogens with one attached hydrogen (secondary N) is 1. The highest BCUT2D eigenvalue weighted by atomic mass is 16.5. The zero-order valence-corrected chi connectivity index (χ0v) is 12.5. The fourth-order valence-electron chi connectivity index (χ4n) is 1.72. The van der Waals surface area contributed by atoms with Crippen LogP contribution in [0.4, 0.5) is 0 Å². The molecule has 108 valence electrons. The van der Waals surface area contributed by atoms with Crippen LogP contribution < -0.4 is 5.32 Å². The molecule has 18 heavy (non-hydrogen) atoms. The van der Waals surface area contributed by atoms with Crippen molar-refractivity contribution in [3.05, 3.63) is 0 Å². The Morgan fingerprint density at radius 2 is 1.94 bits per heavy atom. The average molecular weight is 258 g/mol. The Morgan fingerprint density at radius 3 is 2.33 bits per heavy atom. The highest BCUT2D eigenvalue weighted by Gasteiger charge is 2.09. The Hall–Kier alpha value is -0.610. The van der Waals surface area contributed by atoms with Gasteiger partial charge in [0, 0.05) is 26.6 Å². The van der Waals surface area contributed by atoms with Gasteiger partial charge in [0.15, 0.2) is 0 Å². The van der Waals surface area contributed by atoms with Crippen LogP contribution in [0.1, 0.15) is 40.0 Å². The molecule has 1 heterocycles. The first-order chi connectivity index (χ1) is 8.60. The van der Waals surface area contributed by atoms with Gasteiger partial charge in [-0.3, -0.25) is 9.69 Å². The largest absolute Gasteiger partial charge is 0.379 e. The number of ether oxygens (including phenoxy) is 1. The SMILES string of the molecule is CC(C)CCCN1CCOCC1.CCC(=O)NC. The Kier molecular flexibility index (Phi) is 11.1. The molecule has 0 aromatic heterocycles. The first kappa shape index (κ1) is 17.4. The normalized spacial score (nSPS) is 16.1. The second kappa shape index (κ2) is 11.5. The van der Waals surface area contributed by atoms with Gasteiger partial charge < -0.3 is 10.1 Å². The third-order valence-corrected chi connectivity index (χ3v) is 2.96. The number of carbonyl (C=O) groups is 1. The number of amides is 1. The van der Waals surface area contributed by atoms with E-state index in [-0.39, 0.29) is 5.91 Å². The van der Waals surface area contributed by atoms with E-state index in [1.807, 2.05) is 6.92 Å². The molecule has 0 spiro atoms. The number of hydrogen-bond acceptors (Lipinski definition) is 3. The summed E-state index contributed by atoms with van der Waals surface area (Å²) in [4.78, 5) is 12.6. The lowest BCUT2D eigenvalue weighted by atomic mass is 10.1. The van der Waals surface area contributed by atoms with Gasteiger partial charge in [-0.25, -0.2) is 0 Å². The molecule has 0 atom stereocenters. The molecule has 0 aromatic rings. The lowest BCUT2D eigenvalue weighted by Crippen LogP contribution is -2.36. The molecule has 4 heteroatoms. The van der Waals surface area contributed by atoms with E-state index in [9.17, 15) is 4.79 Å². The predicted molar refractivity (Wildman–Crippen MR) is 75.7 cm³/mol. The lowest BCUT2D eigenvalue weighted by molar-refractivity contribution is -0.120. The van der Waals surface area contributed by atoms with Crippen LogP contribution in [-0.4, -0.2) is 50.7 Å². The third-order valence-electron chi connectivity index (χ3n) is 2.96. The molecule has 1 N–H and O–H groups in total. The van der Waals surface area contributed by atoms with Crippen molar-refractivity contribution in [1.29, 1.82) is 0 Å². The first-order valence-electron chi connectivity index (χ1n) is 7.10. The van der Waals surface area contributed by atoms with Crippen LogP contribution in [-0.2, 0) is 9.53 Å². The van der Waals surface area contributed by atoms with Gasteiger partial charge in [0.1, 0.15) is 0 Å². The first-order valence-corrected chi connectivity index (χ1v) is 7.10. The highest BCUT2D eigenvalue weighted by Crippen LogP contribution is 2.05. The lowest BCUT2D eigenvalue weighted by Gasteiger charge is -2.26. The molecule has 4 nitrogen and oxygen atoms in total. The summed E-state index contributed by atoms with van der Waals surface area (Å²) < 4.78 is 5.29. The van der Waals surface area contributed by atoms with Crippen molar-refractivity contribution < 1.29 is 9.53 Å². The number of hydrogen-bond donors (Lipinski definition) is 1. The van der Waals surface area contributed by atoms with Gasteiger partial charge in [-0.15, -0.1) is 0 Å². The quantitative estimate of drug-likeness (QED) is 0.819. The molecule has 1 amide bonds. The number of carbonyl (C=O) groups excluding carboxylic acids is 1. The summed E-state index contributed by atoms with van der Waals surface area (Å²) in [6, 6.07) is 0. The summed E-state index contributed by atoms with van der Waals surface area (Å²) in [7, 11) is 1.63. The number of morpholine rings is 1. The molecule has 0 bridgehead atoms. The Bertz CT molecular complexity index is 196. The van der Waals surface area contributed by atoms with Gasteiger partial charge in [0.2, 0.25) is 5.91 Å². The van der Waals surface area contributed by atoms with Crippen LogP contribution in [0.25, 0.3) is 0 Å². The van der Waals surface area contributed by atoms with Gasteiger partial charge in [0.25, 0.3) is 0 Å². The Labute approximate surface area is 112 Å². The summed E-state index contributed by atoms with van der Waals surface area (Å²) in [5, 5.41) is 2.48. The summed E-state index contributed by atoms with van der Waals surface area (Å²) in [6.45, 7) is 11.8. The van der Waals surface area contributed by atoms with Gasteiger partial charge >= 0.3 is 0 Å². The zero-order chi connectivity index (χ0) is 13.8. The molecular weight excluding hydrogens is 228 g/mol. The molecule has 1 aliphatic rings. The van der Waals surface area contributed by atoms with Gasteiger partial charge in [-0.2, -0.15) is 0 Å². The zero-order valence-electron chi connectivity index (χ0n) is 12.5. The van der Waals surface area contributed by atoms with Crippen molar-refractivity contribution in [3.63, 3.8) is 0 Å². The predicted octanol–water partition coefficient (Wildman–Crippen LogP) is 1.90. The van der Waals surface area contributed by atoms with Crippen molar-refractivity contribution in [2.75, 3.05) is 39.9 Å². The van der Waals surface area contributed by atoms with Crippen LogP contribution in [0.2, 0.25) is 0 Å². The Balaban J connectivity index is 0.000000411. The van der Waals surface area contributed by atoms with E-state index < -0.39 is 0 Å². The summed E-state index contributed by atoms with van der Waals surface area (Å²) in [6.07, 6.45) is 3.28. The van der Waals surface area contributed by atoms with E-state index in [4.69, 9.17) is 4.74 Å². The van der Waals surface area contributed by atoms with E-state index in [2.05, 4.69) is 24.1 Å². The van der Waals surface area contributed by atoms with Crippen LogP contribution in [0.5, 0.6) is 0 Å². The summed E-state index contributed by atoms with van der Waals surface area (Å²) in [5.41, 5.74) is 0. The number of nitrogens with zero attached hydrogens (tertiary/aromatic N) is 1. The minimum atomic E-state index is 0.0926. The van der Waals surface area contributed by atoms with Crippen molar-refractivity contribution in [2.24, 2.45) is 5.92 Å². The van der Waals surface area contributed by atoms with Gasteiger partial charge in [-0.05, 0) is 25.3 Å². The molecule has 0 aliphatic carbocycles. The fourth-order valence-corrected chi connectivity index (χ4v) is 1.72. The summed E-state index contributed by atoms with van der Waals surface area (Å²) in [5.74, 6) is 0.945. The van der Waals surface area contributed by atoms with Crippen LogP contribution in [0, 0.1) is 5.92 Å². The fraction of sp³-hybridized carbons (Fsp3) is 0.929. The molecule has 1 saturated heterocycles. The molecular formula is C14H30N2O2. The number of rotatable bonds is 5. The van der Waals surface area contributed by atoms with E-state index in [0.717, 1.165) is 32.2 Å². The van der Waals surface area contributed by atoms with E-state index >= 15 is 0 Å². The van der Waals surface area contributed by atoms with Gasteiger partial charge in [-0.1, -0.05) is 20.8 Å². The maximum absolute atomic E-state index is 10.1. The standard InChI is InChI=1S/C10H21NO.C4H9NO/c1-10(2)4-3-5-11-6-8-12-9-7-11;1-3-4(6)5-2/h10H,3-9H2,1-2H3;3H2,1-2H3,(H,5,6). The van der Waals surface area contributed by atoms with Gasteiger partial charge in [0.05, 0.1) is 13.2 Å². The van der Waals surface area contributed by atoms with Crippen molar-refractivity contribution in [2.45, 2.75) is 40.0 Å². The highest BCUT2D eigenvalue weighted by molar-refractivity contribution is 5.74. The van der Waals surface area contributed by atoms with Crippen molar-refractivity contribution in [3.8, 4) is 0 Å². The second-order valence-electron chi connectivity index (χ2n) is 5.02. The van der Waals surface area contributed by atoms with Crippen LogP contribution in [0.3, 0.4) is 0 Å². The monoisotopic (exact) mass is 258 g/mol. The van der Waals surface area contributed by atoms with Crippen molar-refractivity contribution >= 4 is 5.91 Å². The minimum absolute atomic E-state index is 0.0926.